The van der Waals surface area contributed by atoms with Crippen LogP contribution >= 0.6 is 0 Å². The number of carbonyl (C=O) groups excluding carboxylic acids is 2. The van der Waals surface area contributed by atoms with Crippen LogP contribution < -0.4 is 5.43 Å². The number of nitrogens with zero attached hydrogens (tertiary/aromatic N) is 3. The van der Waals surface area contributed by atoms with Crippen LogP contribution in [-0.2, 0) is 0 Å². The second-order valence-electron chi connectivity index (χ2n) is 6.86. The molecular weight excluding hydrogens is 372 g/mol. The van der Waals surface area contributed by atoms with Crippen LogP contribution in [0.25, 0.3) is 11.1 Å². The van der Waals surface area contributed by atoms with Crippen molar-refractivity contribution in [3.63, 3.8) is 0 Å². The molecule has 29 heavy (non-hydrogen) atoms. The Bertz CT molecular complexity index is 1050. The molecule has 0 saturated heterocycles. The molecule has 2 amide bonds. The van der Waals surface area contributed by atoms with Crippen LogP contribution in [0.15, 0.2) is 58.3 Å². The smallest absolute Gasteiger partial charge is 0.261 e. The quantitative estimate of drug-likeness (QED) is 0.392. The molecule has 146 valence electrons. The number of aryl methyl sites for hydroxylation is 2. The molecule has 2 heterocycles. The SMILES string of the molecule is Cc1noc(C)c1-c1ccc(C(CN2C(=O)c3ccccc3C2=O)NN=O)cc1. The van der Waals surface area contributed by atoms with Crippen LogP contribution in [0, 0.1) is 18.8 Å². The molecule has 0 aliphatic carbocycles. The molecule has 1 aliphatic heterocycles. The first kappa shape index (κ1) is 18.5. The first-order valence-electron chi connectivity index (χ1n) is 9.07. The maximum atomic E-state index is 12.6. The van der Waals surface area contributed by atoms with E-state index >= 15 is 0 Å². The van der Waals surface area contributed by atoms with Crippen molar-refractivity contribution in [3.05, 3.63) is 81.6 Å². The molecule has 8 heteroatoms. The van der Waals surface area contributed by atoms with Crippen molar-refractivity contribution in [1.29, 1.82) is 0 Å². The van der Waals surface area contributed by atoms with E-state index in [-0.39, 0.29) is 18.4 Å². The number of imide groups is 1. The van der Waals surface area contributed by atoms with Crippen molar-refractivity contribution < 1.29 is 14.1 Å². The van der Waals surface area contributed by atoms with Gasteiger partial charge in [0.1, 0.15) is 5.76 Å². The number of hydrogen-bond acceptors (Lipinski definition) is 6. The number of nitrogens with one attached hydrogen (secondary N) is 1. The van der Waals surface area contributed by atoms with Gasteiger partial charge in [-0.2, -0.15) is 0 Å². The molecule has 0 saturated carbocycles. The Balaban J connectivity index is 1.60. The van der Waals surface area contributed by atoms with Gasteiger partial charge in [0.2, 0.25) is 0 Å². The highest BCUT2D eigenvalue weighted by molar-refractivity contribution is 6.21. The van der Waals surface area contributed by atoms with Crippen molar-refractivity contribution in [1.82, 2.24) is 15.5 Å². The summed E-state index contributed by atoms with van der Waals surface area (Å²) >= 11 is 0. The molecule has 4 rings (SSSR count). The molecule has 1 N–H and O–H groups in total. The fourth-order valence-electron chi connectivity index (χ4n) is 3.65. The average molecular weight is 390 g/mol. The van der Waals surface area contributed by atoms with Crippen LogP contribution in [-0.4, -0.2) is 28.4 Å². The third kappa shape index (κ3) is 3.18. The second kappa shape index (κ2) is 7.31. The number of rotatable bonds is 6. The maximum absolute atomic E-state index is 12.6. The zero-order valence-electron chi connectivity index (χ0n) is 15.9. The molecule has 3 aromatic rings. The van der Waals surface area contributed by atoms with E-state index in [0.29, 0.717) is 16.9 Å². The molecule has 1 aromatic heterocycles. The highest BCUT2D eigenvalue weighted by Gasteiger charge is 2.36. The Labute approximate surface area is 166 Å². The molecule has 2 aromatic carbocycles. The van der Waals surface area contributed by atoms with Gasteiger partial charge in [0.15, 0.2) is 0 Å². The zero-order chi connectivity index (χ0) is 20.5. The minimum Gasteiger partial charge on any atom is -0.361 e. The standard InChI is InChI=1S/C21H18N4O4/c1-12-19(13(2)29-23-12)15-9-7-14(8-10-15)18(22-24-28)11-25-20(26)16-5-3-4-6-17(16)21(25)27/h3-10,18H,11H2,1-2H3,(H,22,28). The third-order valence-corrected chi connectivity index (χ3v) is 5.09. The lowest BCUT2D eigenvalue weighted by molar-refractivity contribution is 0.0638. The molecule has 1 aliphatic rings. The molecule has 1 unspecified atom stereocenters. The van der Waals surface area contributed by atoms with Gasteiger partial charge in [0, 0.05) is 5.56 Å². The Hall–Kier alpha value is -3.81. The number of amides is 2. The number of aromatic nitrogens is 1. The minimum atomic E-state index is -0.631. The summed E-state index contributed by atoms with van der Waals surface area (Å²) in [6, 6.07) is 13.4. The van der Waals surface area contributed by atoms with E-state index in [9.17, 15) is 14.5 Å². The van der Waals surface area contributed by atoms with E-state index in [1.54, 1.807) is 24.3 Å². The minimum absolute atomic E-state index is 0.0112. The highest BCUT2D eigenvalue weighted by Crippen LogP contribution is 2.29. The van der Waals surface area contributed by atoms with Gasteiger partial charge >= 0.3 is 0 Å². The predicted molar refractivity (Wildman–Crippen MR) is 105 cm³/mol. The maximum Gasteiger partial charge on any atom is 0.261 e. The fraction of sp³-hybridized carbons (Fsp3) is 0.190. The first-order valence-corrected chi connectivity index (χ1v) is 9.07. The summed E-state index contributed by atoms with van der Waals surface area (Å²) in [5.74, 6) is -0.0446. The Morgan fingerprint density at radius 2 is 1.66 bits per heavy atom. The number of benzene rings is 2. The van der Waals surface area contributed by atoms with Crippen molar-refractivity contribution >= 4 is 11.8 Å². The normalized spacial score (nSPS) is 14.1. The Morgan fingerprint density at radius 3 is 2.17 bits per heavy atom. The van der Waals surface area contributed by atoms with E-state index in [1.807, 2.05) is 38.1 Å². The number of fused-ring (bicyclic) bond motifs is 1. The van der Waals surface area contributed by atoms with E-state index in [4.69, 9.17) is 4.52 Å². The molecule has 0 spiro atoms. The van der Waals surface area contributed by atoms with Gasteiger partial charge < -0.3 is 4.52 Å². The van der Waals surface area contributed by atoms with Crippen molar-refractivity contribution in [2.75, 3.05) is 6.54 Å². The summed E-state index contributed by atoms with van der Waals surface area (Å²) in [5.41, 5.74) is 6.53. The lowest BCUT2D eigenvalue weighted by Crippen LogP contribution is -2.37. The van der Waals surface area contributed by atoms with Gasteiger partial charge in [0.25, 0.3) is 11.8 Å². The summed E-state index contributed by atoms with van der Waals surface area (Å²) in [6.45, 7) is 3.69. The van der Waals surface area contributed by atoms with Crippen molar-refractivity contribution in [2.45, 2.75) is 19.9 Å². The monoisotopic (exact) mass is 390 g/mol. The van der Waals surface area contributed by atoms with E-state index < -0.39 is 6.04 Å². The topological polar surface area (TPSA) is 105 Å². The number of nitroso groups, excluding NO2 is 1. The lowest BCUT2D eigenvalue weighted by atomic mass is 9.99. The van der Waals surface area contributed by atoms with Gasteiger partial charge in [-0.25, -0.2) is 0 Å². The highest BCUT2D eigenvalue weighted by atomic mass is 16.5. The molecule has 8 nitrogen and oxygen atoms in total. The van der Waals surface area contributed by atoms with E-state index in [0.717, 1.165) is 27.3 Å². The summed E-state index contributed by atoms with van der Waals surface area (Å²) in [6.07, 6.45) is 0. The Kier molecular flexibility index (Phi) is 4.67. The first-order chi connectivity index (χ1) is 14.0. The fourth-order valence-corrected chi connectivity index (χ4v) is 3.65. The van der Waals surface area contributed by atoms with Crippen molar-refractivity contribution in [2.24, 2.45) is 5.29 Å². The lowest BCUT2D eigenvalue weighted by Gasteiger charge is -2.21. The zero-order valence-corrected chi connectivity index (χ0v) is 15.9. The summed E-state index contributed by atoms with van der Waals surface area (Å²) in [7, 11) is 0. The molecule has 0 radical (unpaired) electrons. The summed E-state index contributed by atoms with van der Waals surface area (Å²) < 4.78 is 5.21. The third-order valence-electron chi connectivity index (χ3n) is 5.09. The van der Waals surface area contributed by atoms with E-state index in [2.05, 4.69) is 15.9 Å². The average Bonchev–Trinajstić information content (AvgIpc) is 3.19. The largest absolute Gasteiger partial charge is 0.361 e. The molecule has 1 atom stereocenters. The van der Waals surface area contributed by atoms with Gasteiger partial charge in [-0.15, -0.1) is 4.91 Å². The van der Waals surface area contributed by atoms with Crippen LogP contribution in [0.5, 0.6) is 0 Å². The molecular formula is C21H18N4O4. The predicted octanol–water partition coefficient (Wildman–Crippen LogP) is 3.57. The second-order valence-corrected chi connectivity index (χ2v) is 6.86. The van der Waals surface area contributed by atoms with E-state index in [1.165, 1.54) is 0 Å². The van der Waals surface area contributed by atoms with Gasteiger partial charge in [-0.05, 0) is 37.1 Å². The van der Waals surface area contributed by atoms with Gasteiger partial charge in [-0.1, -0.05) is 41.6 Å². The van der Waals surface area contributed by atoms with Crippen LogP contribution in [0.3, 0.4) is 0 Å². The molecule has 0 bridgehead atoms. The summed E-state index contributed by atoms with van der Waals surface area (Å²) in [4.78, 5) is 37.3. The van der Waals surface area contributed by atoms with Crippen LogP contribution in [0.4, 0.5) is 0 Å². The van der Waals surface area contributed by atoms with Gasteiger partial charge in [0.05, 0.1) is 34.7 Å². The van der Waals surface area contributed by atoms with Crippen molar-refractivity contribution in [3.8, 4) is 11.1 Å². The van der Waals surface area contributed by atoms with Crippen LogP contribution in [0.2, 0.25) is 0 Å². The summed E-state index contributed by atoms with van der Waals surface area (Å²) in [5, 5.41) is 6.74. The number of hydrogen-bond donors (Lipinski definition) is 1. The Morgan fingerprint density at radius 1 is 1.03 bits per heavy atom. The van der Waals surface area contributed by atoms with Crippen LogP contribution in [0.1, 0.15) is 43.8 Å². The number of carbonyl (C=O) groups is 2. The van der Waals surface area contributed by atoms with Gasteiger partial charge in [-0.3, -0.25) is 19.9 Å². The molecule has 0 fully saturated rings.